The van der Waals surface area contributed by atoms with Gasteiger partial charge in [-0.05, 0) is 29.8 Å². The number of aromatic nitrogens is 1. The van der Waals surface area contributed by atoms with Gasteiger partial charge in [0.15, 0.2) is 0 Å². The molecule has 0 aliphatic carbocycles. The number of nitrogen functional groups attached to an aromatic ring is 1. The number of pyridine rings is 1. The summed E-state index contributed by atoms with van der Waals surface area (Å²) in [4.78, 5) is 16.0. The zero-order chi connectivity index (χ0) is 14.4. The van der Waals surface area contributed by atoms with Crippen LogP contribution in [0.15, 0.2) is 42.5 Å². The quantitative estimate of drug-likeness (QED) is 0.577. The molecule has 2 aromatic rings. The Labute approximate surface area is 116 Å². The lowest BCUT2D eigenvalue weighted by molar-refractivity contribution is 0.102. The number of nitrogens with one attached hydrogen (secondary N) is 2. The SMILES string of the molecule is N#CCc1ccc(NC(=O)c2cccc(NN)n2)cc1. The van der Waals surface area contributed by atoms with Crippen LogP contribution < -0.4 is 16.6 Å². The lowest BCUT2D eigenvalue weighted by atomic mass is 10.1. The number of hydrogen-bond donors (Lipinski definition) is 3. The summed E-state index contributed by atoms with van der Waals surface area (Å²) in [7, 11) is 0. The number of nitriles is 1. The topological polar surface area (TPSA) is 104 Å². The minimum Gasteiger partial charge on any atom is -0.321 e. The van der Waals surface area contributed by atoms with Crippen molar-refractivity contribution in [1.82, 2.24) is 4.98 Å². The maximum atomic E-state index is 12.0. The van der Waals surface area contributed by atoms with Crippen molar-refractivity contribution < 1.29 is 4.79 Å². The maximum Gasteiger partial charge on any atom is 0.274 e. The molecule has 0 aliphatic heterocycles. The smallest absolute Gasteiger partial charge is 0.274 e. The number of carbonyl (C=O) groups excluding carboxylic acids is 1. The Hall–Kier alpha value is -2.91. The summed E-state index contributed by atoms with van der Waals surface area (Å²) in [6, 6.07) is 14.1. The first-order valence-electron chi connectivity index (χ1n) is 5.94. The number of nitrogens with zero attached hydrogens (tertiary/aromatic N) is 2. The van der Waals surface area contributed by atoms with Crippen LogP contribution in [0.25, 0.3) is 0 Å². The van der Waals surface area contributed by atoms with E-state index in [9.17, 15) is 4.79 Å². The first-order valence-corrected chi connectivity index (χ1v) is 5.94. The summed E-state index contributed by atoms with van der Waals surface area (Å²) < 4.78 is 0. The number of amides is 1. The molecule has 0 spiro atoms. The molecule has 0 bridgehead atoms. The minimum atomic E-state index is -0.324. The molecule has 1 aromatic heterocycles. The van der Waals surface area contributed by atoms with Crippen molar-refractivity contribution in [2.45, 2.75) is 6.42 Å². The van der Waals surface area contributed by atoms with E-state index in [1.54, 1.807) is 42.5 Å². The van der Waals surface area contributed by atoms with Crippen LogP contribution in [-0.2, 0) is 6.42 Å². The average molecular weight is 267 g/mol. The van der Waals surface area contributed by atoms with Crippen molar-refractivity contribution in [2.24, 2.45) is 5.84 Å². The Morgan fingerprint density at radius 3 is 2.65 bits per heavy atom. The standard InChI is InChI=1S/C14H13N5O/c15-9-8-10-4-6-11(7-5-10)17-14(20)12-2-1-3-13(18-12)19-16/h1-7H,8,16H2,(H,17,20)(H,18,19). The van der Waals surface area contributed by atoms with E-state index in [2.05, 4.69) is 21.8 Å². The van der Waals surface area contributed by atoms with Crippen molar-refractivity contribution in [3.63, 3.8) is 0 Å². The number of anilines is 2. The molecule has 0 radical (unpaired) electrons. The molecular weight excluding hydrogens is 254 g/mol. The first-order chi connectivity index (χ1) is 9.72. The highest BCUT2D eigenvalue weighted by Crippen LogP contribution is 2.12. The van der Waals surface area contributed by atoms with Crippen LogP contribution in [0, 0.1) is 11.3 Å². The number of carbonyl (C=O) groups is 1. The van der Waals surface area contributed by atoms with Crippen LogP contribution in [0.2, 0.25) is 0 Å². The summed E-state index contributed by atoms with van der Waals surface area (Å²) >= 11 is 0. The van der Waals surface area contributed by atoms with Gasteiger partial charge in [-0.15, -0.1) is 0 Å². The Kier molecular flexibility index (Phi) is 4.27. The molecule has 1 amide bonds. The lowest BCUT2D eigenvalue weighted by Gasteiger charge is -2.06. The molecule has 1 aromatic carbocycles. The van der Waals surface area contributed by atoms with E-state index in [-0.39, 0.29) is 11.6 Å². The highest BCUT2D eigenvalue weighted by molar-refractivity contribution is 6.03. The molecule has 0 unspecified atom stereocenters. The number of hydrogen-bond acceptors (Lipinski definition) is 5. The van der Waals surface area contributed by atoms with Crippen LogP contribution in [-0.4, -0.2) is 10.9 Å². The second-order valence-electron chi connectivity index (χ2n) is 4.04. The Bertz CT molecular complexity index is 645. The zero-order valence-corrected chi connectivity index (χ0v) is 10.6. The molecule has 20 heavy (non-hydrogen) atoms. The highest BCUT2D eigenvalue weighted by atomic mass is 16.1. The summed E-state index contributed by atoms with van der Waals surface area (Å²) in [6.07, 6.45) is 0.347. The fourth-order valence-electron chi connectivity index (χ4n) is 1.63. The molecule has 6 heteroatoms. The van der Waals surface area contributed by atoms with E-state index >= 15 is 0 Å². The first kappa shape index (κ1) is 13.5. The monoisotopic (exact) mass is 267 g/mol. The van der Waals surface area contributed by atoms with Crippen molar-refractivity contribution in [3.8, 4) is 6.07 Å². The van der Waals surface area contributed by atoms with E-state index in [1.165, 1.54) is 0 Å². The van der Waals surface area contributed by atoms with Gasteiger partial charge in [0.05, 0.1) is 12.5 Å². The van der Waals surface area contributed by atoms with Crippen LogP contribution in [0.1, 0.15) is 16.1 Å². The van der Waals surface area contributed by atoms with Crippen LogP contribution in [0.5, 0.6) is 0 Å². The Balaban J connectivity index is 2.09. The van der Waals surface area contributed by atoms with Crippen molar-refractivity contribution in [1.29, 1.82) is 5.26 Å². The summed E-state index contributed by atoms with van der Waals surface area (Å²) in [5.74, 6) is 5.34. The molecule has 1 heterocycles. The van der Waals surface area contributed by atoms with Crippen molar-refractivity contribution in [3.05, 3.63) is 53.7 Å². The fraction of sp³-hybridized carbons (Fsp3) is 0.0714. The number of rotatable bonds is 4. The molecular formula is C14H13N5O. The Morgan fingerprint density at radius 1 is 1.25 bits per heavy atom. The zero-order valence-electron chi connectivity index (χ0n) is 10.6. The predicted molar refractivity (Wildman–Crippen MR) is 75.8 cm³/mol. The Morgan fingerprint density at radius 2 is 2.00 bits per heavy atom. The molecule has 0 aliphatic rings. The van der Waals surface area contributed by atoms with Crippen LogP contribution in [0.4, 0.5) is 11.5 Å². The summed E-state index contributed by atoms with van der Waals surface area (Å²) in [5.41, 5.74) is 4.20. The van der Waals surface area contributed by atoms with E-state index in [0.29, 0.717) is 17.9 Å². The van der Waals surface area contributed by atoms with E-state index in [0.717, 1.165) is 5.56 Å². The highest BCUT2D eigenvalue weighted by Gasteiger charge is 2.08. The van der Waals surface area contributed by atoms with Gasteiger partial charge < -0.3 is 10.7 Å². The predicted octanol–water partition coefficient (Wildman–Crippen LogP) is 1.69. The third kappa shape index (κ3) is 3.31. The van der Waals surface area contributed by atoms with Crippen molar-refractivity contribution in [2.75, 3.05) is 10.7 Å². The van der Waals surface area contributed by atoms with Gasteiger partial charge in [0.25, 0.3) is 5.91 Å². The van der Waals surface area contributed by atoms with Gasteiger partial charge in [0.1, 0.15) is 11.5 Å². The van der Waals surface area contributed by atoms with Gasteiger partial charge in [0, 0.05) is 5.69 Å². The summed E-state index contributed by atoms with van der Waals surface area (Å²) in [6.45, 7) is 0. The van der Waals surface area contributed by atoms with Gasteiger partial charge in [-0.2, -0.15) is 5.26 Å². The van der Waals surface area contributed by atoms with Gasteiger partial charge in [-0.3, -0.25) is 4.79 Å². The molecule has 6 nitrogen and oxygen atoms in total. The second kappa shape index (κ2) is 6.31. The van der Waals surface area contributed by atoms with Crippen LogP contribution >= 0.6 is 0 Å². The van der Waals surface area contributed by atoms with Gasteiger partial charge in [0.2, 0.25) is 0 Å². The number of benzene rings is 1. The summed E-state index contributed by atoms with van der Waals surface area (Å²) in [5, 5.41) is 11.3. The molecule has 100 valence electrons. The molecule has 4 N–H and O–H groups in total. The van der Waals surface area contributed by atoms with E-state index in [1.807, 2.05) is 0 Å². The fourth-order valence-corrected chi connectivity index (χ4v) is 1.63. The largest absolute Gasteiger partial charge is 0.321 e. The second-order valence-corrected chi connectivity index (χ2v) is 4.04. The number of nitrogens with two attached hydrogens (primary N) is 1. The lowest BCUT2D eigenvalue weighted by Crippen LogP contribution is -2.16. The van der Waals surface area contributed by atoms with Gasteiger partial charge in [-0.25, -0.2) is 10.8 Å². The van der Waals surface area contributed by atoms with E-state index < -0.39 is 0 Å². The normalized spacial score (nSPS) is 9.60. The number of hydrazine groups is 1. The molecule has 0 saturated carbocycles. The molecule has 0 atom stereocenters. The van der Waals surface area contributed by atoms with E-state index in [4.69, 9.17) is 11.1 Å². The third-order valence-electron chi connectivity index (χ3n) is 2.62. The third-order valence-corrected chi connectivity index (χ3v) is 2.62. The van der Waals surface area contributed by atoms with Crippen LogP contribution in [0.3, 0.4) is 0 Å². The van der Waals surface area contributed by atoms with Crippen molar-refractivity contribution >= 4 is 17.4 Å². The van der Waals surface area contributed by atoms with Gasteiger partial charge >= 0.3 is 0 Å². The average Bonchev–Trinajstić information content (AvgIpc) is 2.49. The molecule has 0 fully saturated rings. The maximum absolute atomic E-state index is 12.0. The molecule has 0 saturated heterocycles. The minimum absolute atomic E-state index is 0.265. The molecule has 2 rings (SSSR count). The van der Waals surface area contributed by atoms with Gasteiger partial charge in [-0.1, -0.05) is 18.2 Å².